The van der Waals surface area contributed by atoms with Crippen LogP contribution < -0.4 is 5.69 Å². The number of nitrogens with zero attached hydrogens (tertiary/aromatic N) is 6. The summed E-state index contributed by atoms with van der Waals surface area (Å²) >= 11 is 1.66. The normalized spacial score (nSPS) is 15.3. The molecule has 3 aromatic heterocycles. The van der Waals surface area contributed by atoms with Gasteiger partial charge in [0.15, 0.2) is 0 Å². The maximum Gasteiger partial charge on any atom is 0.347 e. The van der Waals surface area contributed by atoms with Gasteiger partial charge in [-0.15, -0.1) is 0 Å². The Bertz CT molecular complexity index is 1290. The van der Waals surface area contributed by atoms with Gasteiger partial charge in [-0.05, 0) is 55.1 Å². The zero-order valence-electron chi connectivity index (χ0n) is 17.0. The number of benzene rings is 1. The third-order valence-corrected chi connectivity index (χ3v) is 6.62. The van der Waals surface area contributed by atoms with E-state index in [0.29, 0.717) is 6.54 Å². The van der Waals surface area contributed by atoms with Gasteiger partial charge < -0.3 is 4.90 Å². The van der Waals surface area contributed by atoms with E-state index in [1.807, 2.05) is 24.7 Å². The lowest BCUT2D eigenvalue weighted by Gasteiger charge is -2.29. The van der Waals surface area contributed by atoms with Crippen LogP contribution in [0.5, 0.6) is 0 Å². The summed E-state index contributed by atoms with van der Waals surface area (Å²) in [6.07, 6.45) is 7.16. The molecule has 0 bridgehead atoms. The molecule has 7 nitrogen and oxygen atoms in total. The number of imidazole rings is 1. The molecule has 0 saturated carbocycles. The monoisotopic (exact) mass is 430 g/mol. The number of hydrogen-bond donors (Lipinski definition) is 0. The smallest absolute Gasteiger partial charge is 0.301 e. The topological polar surface area (TPSA) is 79.7 Å². The molecule has 0 atom stereocenters. The Morgan fingerprint density at radius 3 is 2.77 bits per heavy atom. The molecule has 1 aliphatic rings. The van der Waals surface area contributed by atoms with Crippen LogP contribution in [0.1, 0.15) is 12.8 Å². The average Bonchev–Trinajstić information content (AvgIpc) is 3.48. The van der Waals surface area contributed by atoms with E-state index in [0.717, 1.165) is 60.3 Å². The molecule has 4 aromatic rings. The molecular weight excluding hydrogens is 408 g/mol. The standard InChI is InChI=1S/C23H22N6OS/c24-12-17-3-6-27(7-4-17)8-9-28-14-19(13-25-23(28)30)18-1-2-22-21(11-18)26-16-29(22)20-5-10-31-15-20/h1-2,5,10-11,13-17H,3-4,6-9H2. The van der Waals surface area contributed by atoms with Crippen LogP contribution in [0.2, 0.25) is 0 Å². The molecule has 0 aliphatic carbocycles. The van der Waals surface area contributed by atoms with Crippen LogP contribution in [-0.2, 0) is 6.54 Å². The summed E-state index contributed by atoms with van der Waals surface area (Å²) in [6.45, 7) is 3.19. The second kappa shape index (κ2) is 8.46. The average molecular weight is 431 g/mol. The predicted molar refractivity (Wildman–Crippen MR) is 121 cm³/mol. The molecule has 1 fully saturated rings. The van der Waals surface area contributed by atoms with Crippen molar-refractivity contribution in [3.63, 3.8) is 0 Å². The number of rotatable bonds is 5. The van der Waals surface area contributed by atoms with E-state index in [4.69, 9.17) is 5.26 Å². The van der Waals surface area contributed by atoms with E-state index >= 15 is 0 Å². The van der Waals surface area contributed by atoms with E-state index in [-0.39, 0.29) is 11.6 Å². The number of thiophene rings is 1. The van der Waals surface area contributed by atoms with Crippen LogP contribution in [0, 0.1) is 17.2 Å². The molecule has 1 saturated heterocycles. The molecular formula is C23H22N6OS. The van der Waals surface area contributed by atoms with Crippen molar-refractivity contribution in [2.24, 2.45) is 5.92 Å². The lowest BCUT2D eigenvalue weighted by Crippen LogP contribution is -2.37. The molecule has 0 amide bonds. The van der Waals surface area contributed by atoms with Crippen LogP contribution >= 0.6 is 11.3 Å². The van der Waals surface area contributed by atoms with Crippen LogP contribution in [0.3, 0.4) is 0 Å². The number of hydrogen-bond acceptors (Lipinski definition) is 6. The van der Waals surface area contributed by atoms with Gasteiger partial charge in [0, 0.05) is 42.3 Å². The van der Waals surface area contributed by atoms with Gasteiger partial charge >= 0.3 is 5.69 Å². The Labute approximate surface area is 183 Å². The third kappa shape index (κ3) is 4.02. The van der Waals surface area contributed by atoms with Crippen molar-refractivity contribution in [2.75, 3.05) is 19.6 Å². The highest BCUT2D eigenvalue weighted by Crippen LogP contribution is 2.25. The largest absolute Gasteiger partial charge is 0.347 e. The number of piperidine rings is 1. The Morgan fingerprint density at radius 1 is 1.13 bits per heavy atom. The minimum Gasteiger partial charge on any atom is -0.301 e. The Morgan fingerprint density at radius 2 is 2.00 bits per heavy atom. The quantitative estimate of drug-likeness (QED) is 0.484. The minimum atomic E-state index is -0.238. The van der Waals surface area contributed by atoms with Gasteiger partial charge in [-0.3, -0.25) is 9.13 Å². The molecule has 156 valence electrons. The van der Waals surface area contributed by atoms with Gasteiger partial charge in [0.1, 0.15) is 6.33 Å². The molecule has 4 heterocycles. The molecule has 8 heteroatoms. The molecule has 0 radical (unpaired) electrons. The first-order valence-corrected chi connectivity index (χ1v) is 11.3. The molecule has 0 N–H and O–H groups in total. The summed E-state index contributed by atoms with van der Waals surface area (Å²) in [5.74, 6) is 0.169. The minimum absolute atomic E-state index is 0.169. The fraction of sp³-hybridized carbons (Fsp3) is 0.304. The maximum absolute atomic E-state index is 12.3. The highest BCUT2D eigenvalue weighted by molar-refractivity contribution is 7.08. The van der Waals surface area contributed by atoms with Gasteiger partial charge in [0.2, 0.25) is 0 Å². The van der Waals surface area contributed by atoms with Gasteiger partial charge in [-0.1, -0.05) is 6.07 Å². The molecule has 31 heavy (non-hydrogen) atoms. The summed E-state index contributed by atoms with van der Waals surface area (Å²) < 4.78 is 3.75. The van der Waals surface area contributed by atoms with Crippen molar-refractivity contribution in [1.82, 2.24) is 24.0 Å². The van der Waals surface area contributed by atoms with Crippen molar-refractivity contribution in [1.29, 1.82) is 5.26 Å². The lowest BCUT2D eigenvalue weighted by atomic mass is 9.99. The predicted octanol–water partition coefficient (Wildman–Crippen LogP) is 3.55. The van der Waals surface area contributed by atoms with Crippen LogP contribution in [0.25, 0.3) is 27.8 Å². The fourth-order valence-electron chi connectivity index (χ4n) is 4.09. The number of likely N-dealkylation sites (tertiary alicyclic amines) is 1. The number of nitriles is 1. The van der Waals surface area contributed by atoms with Crippen molar-refractivity contribution in [2.45, 2.75) is 19.4 Å². The van der Waals surface area contributed by atoms with E-state index in [1.165, 1.54) is 0 Å². The first-order valence-electron chi connectivity index (χ1n) is 10.4. The van der Waals surface area contributed by atoms with Crippen molar-refractivity contribution in [3.05, 3.63) is 64.2 Å². The molecule has 0 unspecified atom stereocenters. The van der Waals surface area contributed by atoms with Crippen molar-refractivity contribution < 1.29 is 0 Å². The summed E-state index contributed by atoms with van der Waals surface area (Å²) in [4.78, 5) is 23.3. The molecule has 1 aromatic carbocycles. The second-order valence-electron chi connectivity index (χ2n) is 7.86. The van der Waals surface area contributed by atoms with E-state index in [9.17, 15) is 4.79 Å². The number of aromatic nitrogens is 4. The summed E-state index contributed by atoms with van der Waals surface area (Å²) in [5.41, 5.74) is 4.70. The van der Waals surface area contributed by atoms with E-state index in [2.05, 4.69) is 48.4 Å². The highest BCUT2D eigenvalue weighted by Gasteiger charge is 2.18. The summed E-state index contributed by atoms with van der Waals surface area (Å²) in [6, 6.07) is 10.6. The van der Waals surface area contributed by atoms with Crippen LogP contribution in [0.4, 0.5) is 0 Å². The molecule has 0 spiro atoms. The zero-order valence-corrected chi connectivity index (χ0v) is 17.8. The fourth-order valence-corrected chi connectivity index (χ4v) is 4.72. The number of fused-ring (bicyclic) bond motifs is 1. The lowest BCUT2D eigenvalue weighted by molar-refractivity contribution is 0.198. The molecule has 1 aliphatic heterocycles. The van der Waals surface area contributed by atoms with Gasteiger partial charge in [-0.2, -0.15) is 16.6 Å². The SMILES string of the molecule is N#CC1CCN(CCn2cc(-c3ccc4c(c3)ncn4-c3ccsc3)cnc2=O)CC1. The third-order valence-electron chi connectivity index (χ3n) is 5.95. The van der Waals surface area contributed by atoms with Crippen molar-refractivity contribution >= 4 is 22.4 Å². The van der Waals surface area contributed by atoms with Gasteiger partial charge in [-0.25, -0.2) is 14.8 Å². The van der Waals surface area contributed by atoms with Gasteiger partial charge in [0.05, 0.1) is 22.8 Å². The zero-order chi connectivity index (χ0) is 21.2. The highest BCUT2D eigenvalue weighted by atomic mass is 32.1. The summed E-state index contributed by atoms with van der Waals surface area (Å²) in [7, 11) is 0. The van der Waals surface area contributed by atoms with Gasteiger partial charge in [0.25, 0.3) is 0 Å². The van der Waals surface area contributed by atoms with E-state index in [1.54, 1.807) is 22.1 Å². The van der Waals surface area contributed by atoms with Crippen LogP contribution in [0.15, 0.2) is 58.5 Å². The second-order valence-corrected chi connectivity index (χ2v) is 8.64. The van der Waals surface area contributed by atoms with E-state index < -0.39 is 0 Å². The molecule has 5 rings (SSSR count). The maximum atomic E-state index is 12.3. The summed E-state index contributed by atoms with van der Waals surface area (Å²) in [5, 5.41) is 13.2. The first kappa shape index (κ1) is 19.7. The Balaban J connectivity index is 1.35. The Hall–Kier alpha value is -3.28. The van der Waals surface area contributed by atoms with Crippen molar-refractivity contribution in [3.8, 4) is 22.9 Å². The van der Waals surface area contributed by atoms with Crippen LogP contribution in [-0.4, -0.2) is 43.6 Å². The Kier molecular flexibility index (Phi) is 5.37. The first-order chi connectivity index (χ1) is 15.2.